The third-order valence-corrected chi connectivity index (χ3v) is 7.17. The Kier molecular flexibility index (Phi) is 6.66. The minimum atomic E-state index is -1.05. The maximum absolute atomic E-state index is 12.9. The van der Waals surface area contributed by atoms with Gasteiger partial charge in [0.1, 0.15) is 5.75 Å². The van der Waals surface area contributed by atoms with Gasteiger partial charge in [-0.3, -0.25) is 4.79 Å². The second-order valence-corrected chi connectivity index (χ2v) is 9.55. The molecule has 4 rings (SSSR count). The molecule has 4 nitrogen and oxygen atoms in total. The number of carboxylic acid groups (broad SMARTS) is 1. The summed E-state index contributed by atoms with van der Waals surface area (Å²) in [6, 6.07) is 18.0. The highest BCUT2D eigenvalue weighted by molar-refractivity contribution is 7.22. The fraction of sp³-hybridized carbons (Fsp3) is 0.172. The van der Waals surface area contributed by atoms with E-state index in [1.165, 1.54) is 21.7 Å². The highest BCUT2D eigenvalue weighted by Gasteiger charge is 2.13. The molecule has 0 spiro atoms. The number of thiophene rings is 1. The van der Waals surface area contributed by atoms with Crippen molar-refractivity contribution in [2.75, 3.05) is 6.61 Å². The lowest BCUT2D eigenvalue weighted by Gasteiger charge is -2.12. The molecule has 172 valence electrons. The Balaban J connectivity index is 1.74. The molecule has 34 heavy (non-hydrogen) atoms. The fourth-order valence-electron chi connectivity index (χ4n) is 3.91. The van der Waals surface area contributed by atoms with E-state index >= 15 is 0 Å². The first-order chi connectivity index (χ1) is 16.2. The third kappa shape index (κ3) is 4.95. The number of aliphatic carboxylic acids is 1. The van der Waals surface area contributed by atoms with Gasteiger partial charge in [-0.25, -0.2) is 4.79 Å². The second-order valence-electron chi connectivity index (χ2n) is 8.47. The van der Waals surface area contributed by atoms with Gasteiger partial charge in [0.05, 0.1) is 0 Å². The summed E-state index contributed by atoms with van der Waals surface area (Å²) in [5.74, 6) is -0.729. The van der Waals surface area contributed by atoms with Gasteiger partial charge >= 0.3 is 5.97 Å². The Labute approximate surface area is 203 Å². The number of aryl methyl sites for hydroxylation is 3. The number of allylic oxidation sites excluding steroid dienone is 1. The van der Waals surface area contributed by atoms with Gasteiger partial charge in [0.2, 0.25) is 0 Å². The molecule has 0 saturated heterocycles. The molecule has 0 fully saturated rings. The number of carbonyl (C=O) groups excluding carboxylic acids is 1. The van der Waals surface area contributed by atoms with Crippen molar-refractivity contribution in [3.63, 3.8) is 0 Å². The molecule has 4 aromatic rings. The number of rotatable bonds is 7. The summed E-state index contributed by atoms with van der Waals surface area (Å²) in [5.41, 5.74) is 6.61. The average Bonchev–Trinajstić information content (AvgIpc) is 3.23. The molecule has 5 heteroatoms. The molecule has 0 atom stereocenters. The Bertz CT molecular complexity index is 1390. The number of hydrogen-bond donors (Lipinski definition) is 1. The Morgan fingerprint density at radius 1 is 0.941 bits per heavy atom. The van der Waals surface area contributed by atoms with Crippen LogP contribution in [0.3, 0.4) is 0 Å². The third-order valence-electron chi connectivity index (χ3n) is 6.02. The van der Waals surface area contributed by atoms with E-state index in [1.54, 1.807) is 17.4 Å². The summed E-state index contributed by atoms with van der Waals surface area (Å²) >= 11 is 1.70. The van der Waals surface area contributed by atoms with Crippen LogP contribution in [-0.2, 0) is 4.79 Å². The normalized spacial score (nSPS) is 11.3. The van der Waals surface area contributed by atoms with E-state index in [1.807, 2.05) is 64.1 Å². The lowest BCUT2D eigenvalue weighted by Crippen LogP contribution is -2.10. The number of ketones is 1. The zero-order chi connectivity index (χ0) is 24.4. The van der Waals surface area contributed by atoms with Crippen LogP contribution in [0.2, 0.25) is 0 Å². The molecule has 1 heterocycles. The van der Waals surface area contributed by atoms with Crippen LogP contribution in [0.5, 0.6) is 5.75 Å². The van der Waals surface area contributed by atoms with Crippen molar-refractivity contribution in [2.45, 2.75) is 27.7 Å². The van der Waals surface area contributed by atoms with Crippen LogP contribution in [0.25, 0.3) is 26.6 Å². The zero-order valence-corrected chi connectivity index (χ0v) is 20.5. The quantitative estimate of drug-likeness (QED) is 0.230. The largest absolute Gasteiger partial charge is 0.481 e. The first-order valence-electron chi connectivity index (χ1n) is 11.0. The lowest BCUT2D eigenvalue weighted by molar-refractivity contribution is -0.139. The summed E-state index contributed by atoms with van der Waals surface area (Å²) in [5, 5.41) is 10.3. The molecule has 0 radical (unpaired) electrons. The molecule has 0 aliphatic heterocycles. The summed E-state index contributed by atoms with van der Waals surface area (Å²) in [4.78, 5) is 25.1. The Hall–Kier alpha value is -3.70. The number of hydrogen-bond acceptors (Lipinski definition) is 4. The molecule has 1 aromatic heterocycles. The molecule has 0 saturated carbocycles. The Morgan fingerprint density at radius 3 is 2.32 bits per heavy atom. The maximum Gasteiger partial charge on any atom is 0.341 e. The number of fused-ring (bicyclic) bond motifs is 1. The summed E-state index contributed by atoms with van der Waals surface area (Å²) < 4.78 is 6.76. The van der Waals surface area contributed by atoms with E-state index in [9.17, 15) is 9.59 Å². The van der Waals surface area contributed by atoms with Crippen molar-refractivity contribution in [3.05, 3.63) is 94.1 Å². The maximum atomic E-state index is 12.9. The predicted molar refractivity (Wildman–Crippen MR) is 139 cm³/mol. The van der Waals surface area contributed by atoms with Crippen LogP contribution in [-0.4, -0.2) is 23.5 Å². The molecular formula is C29H26O4S. The smallest absolute Gasteiger partial charge is 0.341 e. The van der Waals surface area contributed by atoms with Gasteiger partial charge in [-0.2, -0.15) is 0 Å². The summed E-state index contributed by atoms with van der Waals surface area (Å²) in [6.07, 6.45) is 3.23. The topological polar surface area (TPSA) is 63.6 Å². The van der Waals surface area contributed by atoms with Gasteiger partial charge in [0.25, 0.3) is 0 Å². The van der Waals surface area contributed by atoms with E-state index in [-0.39, 0.29) is 5.78 Å². The van der Waals surface area contributed by atoms with E-state index in [0.29, 0.717) is 16.9 Å². The van der Waals surface area contributed by atoms with Crippen molar-refractivity contribution in [2.24, 2.45) is 0 Å². The van der Waals surface area contributed by atoms with Gasteiger partial charge in [-0.1, -0.05) is 18.2 Å². The number of carbonyl (C=O) groups is 2. The van der Waals surface area contributed by atoms with Crippen LogP contribution in [0, 0.1) is 27.7 Å². The highest BCUT2D eigenvalue weighted by Crippen LogP contribution is 2.38. The number of benzene rings is 3. The van der Waals surface area contributed by atoms with Crippen molar-refractivity contribution in [3.8, 4) is 16.2 Å². The highest BCUT2D eigenvalue weighted by atomic mass is 32.1. The summed E-state index contributed by atoms with van der Waals surface area (Å²) in [6.45, 7) is 7.56. The minimum absolute atomic E-state index is 0.112. The van der Waals surface area contributed by atoms with E-state index in [0.717, 1.165) is 27.1 Å². The summed E-state index contributed by atoms with van der Waals surface area (Å²) in [7, 11) is 0. The van der Waals surface area contributed by atoms with E-state index in [4.69, 9.17) is 9.84 Å². The number of ether oxygens (including phenoxy) is 1. The standard InChI is InChI=1S/C29H26O4S/c1-17-11-23(12-18(2)20(17)4)25(30)10-9-21-14-24(19(3)13-26(21)33-16-29(31)32)28-15-22-7-5-6-8-27(22)34-28/h5-15H,16H2,1-4H3,(H,31,32)/b10-9+. The van der Waals surface area contributed by atoms with Crippen LogP contribution in [0.4, 0.5) is 0 Å². The van der Waals surface area contributed by atoms with Gasteiger partial charge in [0.15, 0.2) is 12.4 Å². The molecular weight excluding hydrogens is 444 g/mol. The Morgan fingerprint density at radius 2 is 1.65 bits per heavy atom. The molecule has 0 aliphatic rings. The van der Waals surface area contributed by atoms with Crippen molar-refractivity contribution < 1.29 is 19.4 Å². The van der Waals surface area contributed by atoms with Gasteiger partial charge < -0.3 is 9.84 Å². The molecule has 0 amide bonds. The first-order valence-corrected chi connectivity index (χ1v) is 11.8. The molecule has 0 bridgehead atoms. The monoisotopic (exact) mass is 470 g/mol. The fourth-order valence-corrected chi connectivity index (χ4v) is 5.06. The molecule has 0 unspecified atom stereocenters. The SMILES string of the molecule is Cc1cc(OCC(=O)O)c(/C=C/C(=O)c2cc(C)c(C)c(C)c2)cc1-c1cc2ccccc2s1. The van der Waals surface area contributed by atoms with Crippen LogP contribution in [0.15, 0.2) is 60.7 Å². The van der Waals surface area contributed by atoms with Gasteiger partial charge in [-0.15, -0.1) is 11.3 Å². The first kappa shape index (κ1) is 23.5. The van der Waals surface area contributed by atoms with Gasteiger partial charge in [-0.05, 0) is 109 Å². The minimum Gasteiger partial charge on any atom is -0.481 e. The second kappa shape index (κ2) is 9.65. The van der Waals surface area contributed by atoms with Crippen molar-refractivity contribution in [1.82, 2.24) is 0 Å². The van der Waals surface area contributed by atoms with Crippen LogP contribution >= 0.6 is 11.3 Å². The van der Waals surface area contributed by atoms with Crippen molar-refractivity contribution in [1.29, 1.82) is 0 Å². The van der Waals surface area contributed by atoms with E-state index < -0.39 is 12.6 Å². The van der Waals surface area contributed by atoms with Gasteiger partial charge in [0, 0.05) is 20.7 Å². The molecule has 1 N–H and O–H groups in total. The van der Waals surface area contributed by atoms with Crippen LogP contribution < -0.4 is 4.74 Å². The van der Waals surface area contributed by atoms with Crippen LogP contribution in [0.1, 0.15) is 38.2 Å². The molecule has 3 aromatic carbocycles. The van der Waals surface area contributed by atoms with Crippen molar-refractivity contribution >= 4 is 39.3 Å². The molecule has 0 aliphatic carbocycles. The zero-order valence-electron chi connectivity index (χ0n) is 19.6. The lowest BCUT2D eigenvalue weighted by atomic mass is 9.97. The predicted octanol–water partition coefficient (Wildman–Crippen LogP) is 7.16. The van der Waals surface area contributed by atoms with E-state index in [2.05, 4.69) is 18.2 Å². The number of carboxylic acids is 1. The average molecular weight is 471 g/mol.